The van der Waals surface area contributed by atoms with Gasteiger partial charge in [0.2, 0.25) is 0 Å². The summed E-state index contributed by atoms with van der Waals surface area (Å²) < 4.78 is 38.7. The number of rotatable bonds is 5. The zero-order valence-corrected chi connectivity index (χ0v) is 11.1. The highest BCUT2D eigenvalue weighted by Crippen LogP contribution is 2.22. The van der Waals surface area contributed by atoms with Crippen LogP contribution in [0.25, 0.3) is 0 Å². The number of hydrogen-bond donors (Lipinski definition) is 0. The van der Waals surface area contributed by atoms with E-state index in [1.165, 1.54) is 12.1 Å². The quantitative estimate of drug-likeness (QED) is 0.472. The topological polar surface area (TPSA) is 24.8 Å². The first-order valence-electron chi connectivity index (χ1n) is 6.62. The number of halogens is 3. The molecule has 0 unspecified atom stereocenters. The Labute approximate surface area is 116 Å². The molecule has 1 saturated heterocycles. The number of oxime groups is 1. The molecule has 0 spiro atoms. The van der Waals surface area contributed by atoms with Crippen molar-refractivity contribution in [1.82, 2.24) is 4.90 Å². The van der Waals surface area contributed by atoms with Crippen LogP contribution in [0.1, 0.15) is 18.4 Å². The third-order valence-electron chi connectivity index (χ3n) is 3.17. The van der Waals surface area contributed by atoms with Crippen molar-refractivity contribution in [2.75, 3.05) is 26.2 Å². The number of benzene rings is 1. The van der Waals surface area contributed by atoms with E-state index < -0.39 is 11.9 Å². The smallest absolute Gasteiger partial charge is 0.394 e. The molecule has 110 valence electrons. The van der Waals surface area contributed by atoms with E-state index in [-0.39, 0.29) is 12.2 Å². The number of likely N-dealkylation sites (tertiary alicyclic amines) is 1. The van der Waals surface area contributed by atoms with Crippen molar-refractivity contribution in [1.29, 1.82) is 0 Å². The van der Waals surface area contributed by atoms with Gasteiger partial charge in [-0.05, 0) is 25.9 Å². The summed E-state index contributed by atoms with van der Waals surface area (Å²) in [5.74, 6) is 0. The predicted octanol–water partition coefficient (Wildman–Crippen LogP) is 3.07. The normalized spacial score (nSPS) is 17.4. The Morgan fingerprint density at radius 2 is 1.80 bits per heavy atom. The predicted molar refractivity (Wildman–Crippen MR) is 70.7 cm³/mol. The Kier molecular flexibility index (Phi) is 5.00. The molecular formula is C14H17F3N2O. The lowest BCUT2D eigenvalue weighted by molar-refractivity contribution is -0.0616. The van der Waals surface area contributed by atoms with Crippen molar-refractivity contribution in [2.45, 2.75) is 19.0 Å². The second-order valence-corrected chi connectivity index (χ2v) is 4.69. The first-order valence-corrected chi connectivity index (χ1v) is 6.62. The van der Waals surface area contributed by atoms with Crippen LogP contribution >= 0.6 is 0 Å². The van der Waals surface area contributed by atoms with Crippen LogP contribution < -0.4 is 0 Å². The Balaban J connectivity index is 1.94. The molecule has 0 aromatic heterocycles. The van der Waals surface area contributed by atoms with Crippen LogP contribution in [0.4, 0.5) is 13.2 Å². The van der Waals surface area contributed by atoms with Gasteiger partial charge in [0.1, 0.15) is 6.61 Å². The van der Waals surface area contributed by atoms with Crippen molar-refractivity contribution >= 4 is 5.71 Å². The van der Waals surface area contributed by atoms with Crippen LogP contribution in [-0.4, -0.2) is 43.0 Å². The SMILES string of the molecule is FC(F)(F)C(=NOCCN1CCCC1)c1ccccc1. The van der Waals surface area contributed by atoms with E-state index in [4.69, 9.17) is 4.84 Å². The van der Waals surface area contributed by atoms with Crippen LogP contribution in [0.5, 0.6) is 0 Å². The van der Waals surface area contributed by atoms with Gasteiger partial charge in [-0.3, -0.25) is 4.90 Å². The summed E-state index contributed by atoms with van der Waals surface area (Å²) in [6.45, 7) is 2.76. The van der Waals surface area contributed by atoms with Crippen LogP contribution in [0.2, 0.25) is 0 Å². The third-order valence-corrected chi connectivity index (χ3v) is 3.17. The van der Waals surface area contributed by atoms with Crippen molar-refractivity contribution in [3.63, 3.8) is 0 Å². The first kappa shape index (κ1) is 14.8. The van der Waals surface area contributed by atoms with Crippen LogP contribution in [0, 0.1) is 0 Å². The minimum Gasteiger partial charge on any atom is -0.394 e. The molecular weight excluding hydrogens is 269 g/mol. The van der Waals surface area contributed by atoms with Gasteiger partial charge in [-0.25, -0.2) is 0 Å². The molecule has 1 fully saturated rings. The van der Waals surface area contributed by atoms with Gasteiger partial charge in [0.15, 0.2) is 5.71 Å². The maximum absolute atomic E-state index is 12.9. The standard InChI is InChI=1S/C14H17F3N2O/c15-14(16,17)13(12-6-2-1-3-7-12)18-20-11-10-19-8-4-5-9-19/h1-3,6-7H,4-5,8-11H2. The summed E-state index contributed by atoms with van der Waals surface area (Å²) in [6, 6.07) is 7.49. The number of hydrogen-bond acceptors (Lipinski definition) is 3. The molecule has 0 saturated carbocycles. The fourth-order valence-corrected chi connectivity index (χ4v) is 2.15. The molecule has 0 aliphatic carbocycles. The van der Waals surface area contributed by atoms with Gasteiger partial charge in [0.05, 0.1) is 0 Å². The molecule has 1 aliphatic heterocycles. The molecule has 0 radical (unpaired) electrons. The van der Waals surface area contributed by atoms with Crippen LogP contribution in [0.15, 0.2) is 35.5 Å². The molecule has 1 aliphatic rings. The minimum absolute atomic E-state index is 0.0150. The monoisotopic (exact) mass is 286 g/mol. The second-order valence-electron chi connectivity index (χ2n) is 4.69. The summed E-state index contributed by atoms with van der Waals surface area (Å²) in [6.07, 6.45) is -2.24. The van der Waals surface area contributed by atoms with E-state index >= 15 is 0 Å². The van der Waals surface area contributed by atoms with E-state index in [1.54, 1.807) is 18.2 Å². The van der Waals surface area contributed by atoms with Gasteiger partial charge in [-0.2, -0.15) is 13.2 Å². The molecule has 1 aromatic carbocycles. The maximum Gasteiger partial charge on any atom is 0.437 e. The van der Waals surface area contributed by atoms with Gasteiger partial charge >= 0.3 is 6.18 Å². The molecule has 0 N–H and O–H groups in total. The highest BCUT2D eigenvalue weighted by molar-refractivity contribution is 6.04. The molecule has 0 amide bonds. The van der Waals surface area contributed by atoms with Crippen molar-refractivity contribution in [3.8, 4) is 0 Å². The molecule has 1 heterocycles. The third kappa shape index (κ3) is 4.23. The number of nitrogens with zero attached hydrogens (tertiary/aromatic N) is 2. The Bertz CT molecular complexity index is 439. The molecule has 1 aromatic rings. The van der Waals surface area contributed by atoms with Crippen molar-refractivity contribution in [3.05, 3.63) is 35.9 Å². The molecule has 6 heteroatoms. The van der Waals surface area contributed by atoms with Gasteiger partial charge in [-0.1, -0.05) is 35.5 Å². The largest absolute Gasteiger partial charge is 0.437 e. The molecule has 0 bridgehead atoms. The van der Waals surface area contributed by atoms with E-state index in [2.05, 4.69) is 10.1 Å². The Morgan fingerprint density at radius 1 is 1.15 bits per heavy atom. The Morgan fingerprint density at radius 3 is 2.40 bits per heavy atom. The fraction of sp³-hybridized carbons (Fsp3) is 0.500. The highest BCUT2D eigenvalue weighted by atomic mass is 19.4. The van der Waals surface area contributed by atoms with E-state index in [1.807, 2.05) is 0 Å². The minimum atomic E-state index is -4.52. The van der Waals surface area contributed by atoms with Gasteiger partial charge in [0.25, 0.3) is 0 Å². The lowest BCUT2D eigenvalue weighted by Crippen LogP contribution is -2.26. The lowest BCUT2D eigenvalue weighted by Gasteiger charge is -2.14. The van der Waals surface area contributed by atoms with Gasteiger partial charge in [0, 0.05) is 12.1 Å². The maximum atomic E-state index is 12.9. The first-order chi connectivity index (χ1) is 9.57. The molecule has 3 nitrogen and oxygen atoms in total. The van der Waals surface area contributed by atoms with E-state index in [0.717, 1.165) is 25.9 Å². The average Bonchev–Trinajstić information content (AvgIpc) is 2.91. The van der Waals surface area contributed by atoms with E-state index in [0.29, 0.717) is 6.54 Å². The summed E-state index contributed by atoms with van der Waals surface area (Å²) in [5, 5.41) is 3.29. The Hall–Kier alpha value is -1.56. The summed E-state index contributed by atoms with van der Waals surface area (Å²) in [5.41, 5.74) is -0.972. The van der Waals surface area contributed by atoms with Crippen molar-refractivity contribution in [2.24, 2.45) is 5.16 Å². The van der Waals surface area contributed by atoms with Crippen LogP contribution in [-0.2, 0) is 4.84 Å². The molecule has 2 rings (SSSR count). The zero-order chi connectivity index (χ0) is 14.4. The number of alkyl halides is 3. The average molecular weight is 286 g/mol. The highest BCUT2D eigenvalue weighted by Gasteiger charge is 2.37. The molecule has 20 heavy (non-hydrogen) atoms. The second kappa shape index (κ2) is 6.74. The summed E-state index contributed by atoms with van der Waals surface area (Å²) in [4.78, 5) is 7.02. The fourth-order valence-electron chi connectivity index (χ4n) is 2.15. The lowest BCUT2D eigenvalue weighted by atomic mass is 10.1. The van der Waals surface area contributed by atoms with Gasteiger partial charge in [-0.15, -0.1) is 0 Å². The van der Waals surface area contributed by atoms with Gasteiger partial charge < -0.3 is 4.84 Å². The summed E-state index contributed by atoms with van der Waals surface area (Å²) >= 11 is 0. The van der Waals surface area contributed by atoms with Crippen LogP contribution in [0.3, 0.4) is 0 Å². The zero-order valence-electron chi connectivity index (χ0n) is 11.1. The van der Waals surface area contributed by atoms with E-state index in [9.17, 15) is 13.2 Å². The molecule has 0 atom stereocenters. The summed E-state index contributed by atoms with van der Waals surface area (Å²) in [7, 11) is 0. The van der Waals surface area contributed by atoms with Crippen molar-refractivity contribution < 1.29 is 18.0 Å².